The number of carbonyl (C=O) groups excluding carboxylic acids is 2. The molecule has 3 aromatic rings. The predicted molar refractivity (Wildman–Crippen MR) is 147 cm³/mol. The van der Waals surface area contributed by atoms with Crippen LogP contribution in [0.25, 0.3) is 21.5 Å². The molecule has 0 saturated carbocycles. The zero-order chi connectivity index (χ0) is 26.5. The minimum Gasteiger partial charge on any atom is -0.492 e. The van der Waals surface area contributed by atoms with Crippen LogP contribution < -0.4 is 9.47 Å². The molecule has 0 amide bonds. The van der Waals surface area contributed by atoms with Crippen LogP contribution in [0.2, 0.25) is 0 Å². The average molecular weight is 509 g/mol. The summed E-state index contributed by atoms with van der Waals surface area (Å²) < 4.78 is 22.3. The second-order valence-corrected chi connectivity index (χ2v) is 9.30. The third-order valence-electron chi connectivity index (χ3n) is 6.56. The van der Waals surface area contributed by atoms with E-state index in [-0.39, 0.29) is 11.9 Å². The highest BCUT2D eigenvalue weighted by Gasteiger charge is 2.17. The van der Waals surface area contributed by atoms with E-state index in [1.54, 1.807) is 0 Å². The monoisotopic (exact) mass is 508 g/mol. The molecule has 0 aliphatic heterocycles. The number of unbranched alkanes of at least 4 members (excludes halogenated alkanes) is 4. The maximum atomic E-state index is 11.5. The normalized spacial score (nSPS) is 11.0. The zero-order valence-corrected chi connectivity index (χ0v) is 22.5. The quantitative estimate of drug-likeness (QED) is 0.116. The molecule has 0 aliphatic rings. The first-order chi connectivity index (χ1) is 18.1. The molecule has 6 heteroatoms. The van der Waals surface area contributed by atoms with Gasteiger partial charge in [0, 0.05) is 34.4 Å². The van der Waals surface area contributed by atoms with E-state index in [0.29, 0.717) is 26.1 Å². The van der Waals surface area contributed by atoms with Gasteiger partial charge in [-0.1, -0.05) is 56.2 Å². The molecule has 0 N–H and O–H groups in total. The number of aryl methyl sites for hydroxylation is 1. The third kappa shape index (κ3) is 8.11. The molecule has 0 heterocycles. The van der Waals surface area contributed by atoms with E-state index in [9.17, 15) is 9.59 Å². The molecular formula is C31H40O6. The van der Waals surface area contributed by atoms with Gasteiger partial charge in [-0.15, -0.1) is 0 Å². The number of carbonyl (C=O) groups is 2. The molecule has 0 bridgehead atoms. The van der Waals surface area contributed by atoms with Crippen LogP contribution in [0.1, 0.15) is 70.3 Å². The van der Waals surface area contributed by atoms with Gasteiger partial charge in [0.25, 0.3) is 0 Å². The van der Waals surface area contributed by atoms with Gasteiger partial charge < -0.3 is 18.9 Å². The standard InChI is InChI=1S/C31H40O6/c1-4-5-6-13-23-18-19-26-27(22-23)31(37-21-12-10-17-29(33)35-3)25-15-8-7-14-24(25)30(26)36-20-11-9-16-28(32)34-2/h7-8,14-15,18-19,22H,4-6,9-13,16-17,20-21H2,1-3H3. The van der Waals surface area contributed by atoms with Gasteiger partial charge in [-0.25, -0.2) is 0 Å². The summed E-state index contributed by atoms with van der Waals surface area (Å²) >= 11 is 0. The lowest BCUT2D eigenvalue weighted by molar-refractivity contribution is -0.141. The van der Waals surface area contributed by atoms with Crippen LogP contribution in [-0.4, -0.2) is 39.4 Å². The van der Waals surface area contributed by atoms with Gasteiger partial charge >= 0.3 is 11.9 Å². The van der Waals surface area contributed by atoms with E-state index < -0.39 is 0 Å². The molecule has 0 spiro atoms. The minimum atomic E-state index is -0.195. The maximum absolute atomic E-state index is 11.5. The predicted octanol–water partition coefficient (Wildman–Crippen LogP) is 7.17. The van der Waals surface area contributed by atoms with Gasteiger partial charge in [0.15, 0.2) is 0 Å². The molecule has 0 aliphatic carbocycles. The van der Waals surface area contributed by atoms with Gasteiger partial charge in [-0.05, 0) is 50.2 Å². The van der Waals surface area contributed by atoms with E-state index in [1.165, 1.54) is 32.6 Å². The van der Waals surface area contributed by atoms with Crippen LogP contribution in [0.5, 0.6) is 11.5 Å². The second-order valence-electron chi connectivity index (χ2n) is 9.30. The van der Waals surface area contributed by atoms with E-state index in [4.69, 9.17) is 18.9 Å². The van der Waals surface area contributed by atoms with E-state index >= 15 is 0 Å². The highest BCUT2D eigenvalue weighted by atomic mass is 16.5. The van der Waals surface area contributed by atoms with Crippen molar-refractivity contribution in [2.75, 3.05) is 27.4 Å². The van der Waals surface area contributed by atoms with Gasteiger partial charge in [-0.3, -0.25) is 9.59 Å². The Hall–Kier alpha value is -3.28. The molecule has 3 aromatic carbocycles. The van der Waals surface area contributed by atoms with Crippen molar-refractivity contribution in [3.63, 3.8) is 0 Å². The number of ether oxygens (including phenoxy) is 4. The van der Waals surface area contributed by atoms with Crippen LogP contribution in [0.3, 0.4) is 0 Å². The summed E-state index contributed by atoms with van der Waals surface area (Å²) in [5, 5.41) is 4.09. The number of fused-ring (bicyclic) bond motifs is 2. The summed E-state index contributed by atoms with van der Waals surface area (Å²) in [7, 11) is 2.83. The van der Waals surface area contributed by atoms with Crippen LogP contribution in [-0.2, 0) is 25.5 Å². The summed E-state index contributed by atoms with van der Waals surface area (Å²) in [5.74, 6) is 1.32. The number of rotatable bonds is 16. The van der Waals surface area contributed by atoms with Gasteiger partial charge in [0.1, 0.15) is 11.5 Å². The Kier molecular flexibility index (Phi) is 11.5. The van der Waals surface area contributed by atoms with Crippen LogP contribution in [0.15, 0.2) is 42.5 Å². The summed E-state index contributed by atoms with van der Waals surface area (Å²) in [6.07, 6.45) is 8.33. The first-order valence-corrected chi connectivity index (χ1v) is 13.5. The van der Waals surface area contributed by atoms with E-state index in [0.717, 1.165) is 71.6 Å². The largest absolute Gasteiger partial charge is 0.492 e. The van der Waals surface area contributed by atoms with Crippen molar-refractivity contribution in [1.29, 1.82) is 0 Å². The van der Waals surface area contributed by atoms with E-state index in [2.05, 4.69) is 37.3 Å². The highest BCUT2D eigenvalue weighted by molar-refractivity contribution is 6.11. The number of benzene rings is 3. The Morgan fingerprint density at radius 3 is 1.73 bits per heavy atom. The Labute approximate surface area is 220 Å². The molecule has 3 rings (SSSR count). The number of hydrogen-bond donors (Lipinski definition) is 0. The molecule has 0 unspecified atom stereocenters. The Balaban J connectivity index is 1.90. The third-order valence-corrected chi connectivity index (χ3v) is 6.56. The van der Waals surface area contributed by atoms with Crippen molar-refractivity contribution in [3.8, 4) is 11.5 Å². The first-order valence-electron chi connectivity index (χ1n) is 13.5. The highest BCUT2D eigenvalue weighted by Crippen LogP contribution is 2.43. The fourth-order valence-corrected chi connectivity index (χ4v) is 4.49. The first kappa shape index (κ1) is 28.3. The summed E-state index contributed by atoms with van der Waals surface area (Å²) in [6, 6.07) is 14.8. The van der Waals surface area contributed by atoms with Gasteiger partial charge in [0.05, 0.1) is 27.4 Å². The smallest absolute Gasteiger partial charge is 0.305 e. The maximum Gasteiger partial charge on any atom is 0.305 e. The van der Waals surface area contributed by atoms with Gasteiger partial charge in [-0.2, -0.15) is 0 Å². The van der Waals surface area contributed by atoms with Crippen molar-refractivity contribution >= 4 is 33.5 Å². The fraction of sp³-hybridized carbons (Fsp3) is 0.484. The van der Waals surface area contributed by atoms with Gasteiger partial charge in [0.2, 0.25) is 0 Å². The zero-order valence-electron chi connectivity index (χ0n) is 22.5. The minimum absolute atomic E-state index is 0.194. The molecule has 0 aromatic heterocycles. The number of hydrogen-bond acceptors (Lipinski definition) is 6. The van der Waals surface area contributed by atoms with Crippen molar-refractivity contribution in [1.82, 2.24) is 0 Å². The summed E-state index contributed by atoms with van der Waals surface area (Å²) in [4.78, 5) is 22.9. The summed E-state index contributed by atoms with van der Waals surface area (Å²) in [5.41, 5.74) is 1.29. The number of esters is 2. The molecule has 0 fully saturated rings. The lowest BCUT2D eigenvalue weighted by Gasteiger charge is -2.19. The van der Waals surface area contributed by atoms with Crippen molar-refractivity contribution in [2.24, 2.45) is 0 Å². The van der Waals surface area contributed by atoms with Crippen molar-refractivity contribution in [3.05, 3.63) is 48.0 Å². The van der Waals surface area contributed by atoms with Crippen LogP contribution in [0.4, 0.5) is 0 Å². The fourth-order valence-electron chi connectivity index (χ4n) is 4.49. The lowest BCUT2D eigenvalue weighted by atomic mass is 9.97. The molecule has 6 nitrogen and oxygen atoms in total. The average Bonchev–Trinajstić information content (AvgIpc) is 2.93. The molecule has 0 saturated heterocycles. The van der Waals surface area contributed by atoms with Crippen molar-refractivity contribution < 1.29 is 28.5 Å². The van der Waals surface area contributed by atoms with Crippen LogP contribution in [0, 0.1) is 0 Å². The topological polar surface area (TPSA) is 71.1 Å². The number of methoxy groups -OCH3 is 2. The molecule has 0 radical (unpaired) electrons. The summed E-state index contributed by atoms with van der Waals surface area (Å²) in [6.45, 7) is 3.25. The molecule has 37 heavy (non-hydrogen) atoms. The molecule has 200 valence electrons. The Morgan fingerprint density at radius 1 is 0.649 bits per heavy atom. The SMILES string of the molecule is CCCCCc1ccc2c(OCCCCC(=O)OC)c3ccccc3c(OCCCCC(=O)OC)c2c1. The van der Waals surface area contributed by atoms with E-state index in [1.807, 2.05) is 12.1 Å². The molecular weight excluding hydrogens is 468 g/mol. The molecule has 0 atom stereocenters. The Morgan fingerprint density at radius 2 is 1.19 bits per heavy atom. The Bertz CT molecular complexity index is 1170. The van der Waals surface area contributed by atoms with Crippen molar-refractivity contribution in [2.45, 2.75) is 71.1 Å². The lowest BCUT2D eigenvalue weighted by Crippen LogP contribution is -2.05. The second kappa shape index (κ2) is 15.1. The van der Waals surface area contributed by atoms with Crippen LogP contribution >= 0.6 is 0 Å².